The van der Waals surface area contributed by atoms with Crippen LogP contribution in [0.15, 0.2) is 24.8 Å². The van der Waals surface area contributed by atoms with Crippen molar-refractivity contribution in [1.82, 2.24) is 14.8 Å². The highest BCUT2D eigenvalue weighted by Gasteiger charge is 2.18. The number of hydrogen-bond donors (Lipinski definition) is 1. The zero-order chi connectivity index (χ0) is 16.0. The second-order valence-corrected chi connectivity index (χ2v) is 5.57. The lowest BCUT2D eigenvalue weighted by Gasteiger charge is -2.13. The standard InChI is InChI=1S/C18H19N3O/c1-6-14-9-15(22)7-8-16(14)21-12(4)17-10(2)19-20-11(3)18(17)13(21)5/h6-9,22H,1H2,2-5H3. The summed E-state index contributed by atoms with van der Waals surface area (Å²) >= 11 is 0. The van der Waals surface area contributed by atoms with Crippen molar-refractivity contribution in [3.8, 4) is 11.4 Å². The summed E-state index contributed by atoms with van der Waals surface area (Å²) in [6.45, 7) is 12.0. The third-order valence-corrected chi connectivity index (χ3v) is 4.19. The number of hydrogen-bond acceptors (Lipinski definition) is 3. The highest BCUT2D eigenvalue weighted by Crippen LogP contribution is 2.33. The van der Waals surface area contributed by atoms with Crippen molar-refractivity contribution in [3.63, 3.8) is 0 Å². The predicted octanol–water partition coefficient (Wildman–Crippen LogP) is 4.00. The number of nitrogens with zero attached hydrogens (tertiary/aromatic N) is 3. The Hall–Kier alpha value is -2.62. The van der Waals surface area contributed by atoms with E-state index < -0.39 is 0 Å². The van der Waals surface area contributed by atoms with Gasteiger partial charge in [0.05, 0.1) is 17.1 Å². The van der Waals surface area contributed by atoms with Gasteiger partial charge in [-0.3, -0.25) is 0 Å². The summed E-state index contributed by atoms with van der Waals surface area (Å²) in [5, 5.41) is 20.5. The lowest BCUT2D eigenvalue weighted by molar-refractivity contribution is 0.475. The molecular weight excluding hydrogens is 274 g/mol. The first-order valence-corrected chi connectivity index (χ1v) is 7.23. The maximum absolute atomic E-state index is 9.71. The lowest BCUT2D eigenvalue weighted by atomic mass is 10.1. The van der Waals surface area contributed by atoms with Gasteiger partial charge in [0.25, 0.3) is 0 Å². The van der Waals surface area contributed by atoms with Crippen LogP contribution in [0.1, 0.15) is 28.3 Å². The fraction of sp³-hybridized carbons (Fsp3) is 0.222. The average Bonchev–Trinajstić information content (AvgIpc) is 2.76. The molecule has 0 unspecified atom stereocenters. The molecule has 22 heavy (non-hydrogen) atoms. The van der Waals surface area contributed by atoms with E-state index in [4.69, 9.17) is 0 Å². The molecule has 2 heterocycles. The van der Waals surface area contributed by atoms with E-state index in [2.05, 4.69) is 35.2 Å². The van der Waals surface area contributed by atoms with Crippen LogP contribution in [-0.4, -0.2) is 19.9 Å². The van der Waals surface area contributed by atoms with Gasteiger partial charge in [-0.25, -0.2) is 0 Å². The fourth-order valence-electron chi connectivity index (χ4n) is 3.24. The van der Waals surface area contributed by atoms with Crippen molar-refractivity contribution in [2.45, 2.75) is 27.7 Å². The molecule has 0 bridgehead atoms. The summed E-state index contributed by atoms with van der Waals surface area (Å²) < 4.78 is 2.18. The molecule has 0 fully saturated rings. The molecular formula is C18H19N3O. The highest BCUT2D eigenvalue weighted by molar-refractivity contribution is 5.92. The zero-order valence-electron chi connectivity index (χ0n) is 13.3. The number of fused-ring (bicyclic) bond motifs is 1. The van der Waals surface area contributed by atoms with E-state index in [-0.39, 0.29) is 5.75 Å². The molecule has 3 aromatic rings. The van der Waals surface area contributed by atoms with Crippen molar-refractivity contribution < 1.29 is 5.11 Å². The molecule has 0 spiro atoms. The van der Waals surface area contributed by atoms with E-state index in [9.17, 15) is 5.11 Å². The largest absolute Gasteiger partial charge is 0.508 e. The predicted molar refractivity (Wildman–Crippen MR) is 89.6 cm³/mol. The molecule has 0 aliphatic rings. The second kappa shape index (κ2) is 4.98. The van der Waals surface area contributed by atoms with E-state index in [1.807, 2.05) is 19.9 Å². The summed E-state index contributed by atoms with van der Waals surface area (Å²) in [4.78, 5) is 0. The highest BCUT2D eigenvalue weighted by atomic mass is 16.3. The molecule has 0 aliphatic heterocycles. The molecule has 3 rings (SSSR count). The van der Waals surface area contributed by atoms with Gasteiger partial charge in [0.1, 0.15) is 5.75 Å². The molecule has 4 nitrogen and oxygen atoms in total. The van der Waals surface area contributed by atoms with Gasteiger partial charge in [0.15, 0.2) is 0 Å². The number of benzene rings is 1. The van der Waals surface area contributed by atoms with Crippen molar-refractivity contribution in [3.05, 3.63) is 53.1 Å². The Bertz CT molecular complexity index is 862. The molecule has 1 N–H and O–H groups in total. The topological polar surface area (TPSA) is 50.9 Å². The third kappa shape index (κ3) is 1.91. The Labute approximate surface area is 129 Å². The monoisotopic (exact) mass is 293 g/mol. The maximum Gasteiger partial charge on any atom is 0.116 e. The lowest BCUT2D eigenvalue weighted by Crippen LogP contribution is -2.01. The Balaban J connectivity index is 2.45. The Kier molecular flexibility index (Phi) is 3.24. The van der Waals surface area contributed by atoms with Crippen LogP contribution in [-0.2, 0) is 0 Å². The number of rotatable bonds is 2. The summed E-state index contributed by atoms with van der Waals surface area (Å²) in [5.41, 5.74) is 5.99. The van der Waals surface area contributed by atoms with Crippen molar-refractivity contribution in [2.24, 2.45) is 0 Å². The Morgan fingerprint density at radius 1 is 1.00 bits per heavy atom. The van der Waals surface area contributed by atoms with Gasteiger partial charge >= 0.3 is 0 Å². The molecule has 0 radical (unpaired) electrons. The van der Waals surface area contributed by atoms with Crippen LogP contribution in [0.3, 0.4) is 0 Å². The number of phenols is 1. The van der Waals surface area contributed by atoms with E-state index in [1.165, 1.54) is 0 Å². The minimum atomic E-state index is 0.237. The normalized spacial score (nSPS) is 11.1. The second-order valence-electron chi connectivity index (χ2n) is 5.57. The molecule has 2 aromatic heterocycles. The summed E-state index contributed by atoms with van der Waals surface area (Å²) in [5.74, 6) is 0.237. The van der Waals surface area contributed by atoms with Crippen molar-refractivity contribution in [2.75, 3.05) is 0 Å². The molecule has 4 heteroatoms. The average molecular weight is 293 g/mol. The quantitative estimate of drug-likeness (QED) is 0.777. The molecule has 0 atom stereocenters. The van der Waals surface area contributed by atoms with Gasteiger partial charge in [-0.2, -0.15) is 10.2 Å². The van der Waals surface area contributed by atoms with Crippen LogP contribution in [0.2, 0.25) is 0 Å². The number of phenolic OH excluding ortho intramolecular Hbond substituents is 1. The molecule has 0 aliphatic carbocycles. The van der Waals surface area contributed by atoms with Gasteiger partial charge in [0.2, 0.25) is 0 Å². The van der Waals surface area contributed by atoms with Gasteiger partial charge < -0.3 is 9.67 Å². The van der Waals surface area contributed by atoms with Crippen LogP contribution in [0.25, 0.3) is 22.5 Å². The van der Waals surface area contributed by atoms with Gasteiger partial charge in [-0.05, 0) is 45.9 Å². The van der Waals surface area contributed by atoms with Crippen molar-refractivity contribution >= 4 is 16.8 Å². The van der Waals surface area contributed by atoms with Gasteiger partial charge in [0, 0.05) is 27.7 Å². The van der Waals surface area contributed by atoms with Crippen LogP contribution in [0.4, 0.5) is 0 Å². The maximum atomic E-state index is 9.71. The summed E-state index contributed by atoms with van der Waals surface area (Å²) in [6.07, 6.45) is 1.76. The van der Waals surface area contributed by atoms with Crippen LogP contribution >= 0.6 is 0 Å². The molecule has 0 saturated carbocycles. The molecule has 0 amide bonds. The first kappa shape index (κ1) is 14.3. The molecule has 1 aromatic carbocycles. The van der Waals surface area contributed by atoms with Gasteiger partial charge in [-0.15, -0.1) is 0 Å². The van der Waals surface area contributed by atoms with E-state index in [0.717, 1.165) is 44.8 Å². The SMILES string of the molecule is C=Cc1cc(O)ccc1-n1c(C)c2c(C)nnc(C)c2c1C. The minimum absolute atomic E-state index is 0.237. The summed E-state index contributed by atoms with van der Waals surface area (Å²) in [6, 6.07) is 5.33. The molecule has 112 valence electrons. The zero-order valence-corrected chi connectivity index (χ0v) is 13.3. The smallest absolute Gasteiger partial charge is 0.116 e. The minimum Gasteiger partial charge on any atom is -0.508 e. The van der Waals surface area contributed by atoms with Crippen molar-refractivity contribution in [1.29, 1.82) is 0 Å². The first-order valence-electron chi connectivity index (χ1n) is 7.23. The number of aromatic hydroxyl groups is 1. The summed E-state index contributed by atoms with van der Waals surface area (Å²) in [7, 11) is 0. The van der Waals surface area contributed by atoms with Crippen LogP contribution in [0.5, 0.6) is 5.75 Å². The van der Waals surface area contributed by atoms with Crippen LogP contribution in [0, 0.1) is 27.7 Å². The van der Waals surface area contributed by atoms with Crippen LogP contribution < -0.4 is 0 Å². The van der Waals surface area contributed by atoms with Gasteiger partial charge in [-0.1, -0.05) is 12.7 Å². The third-order valence-electron chi connectivity index (χ3n) is 4.19. The fourth-order valence-corrected chi connectivity index (χ4v) is 3.24. The first-order chi connectivity index (χ1) is 10.5. The Morgan fingerprint density at radius 3 is 2.05 bits per heavy atom. The Morgan fingerprint density at radius 2 is 1.55 bits per heavy atom. The van der Waals surface area contributed by atoms with E-state index in [1.54, 1.807) is 18.2 Å². The number of aromatic nitrogens is 3. The van der Waals surface area contributed by atoms with E-state index in [0.29, 0.717) is 0 Å². The molecule has 0 saturated heterocycles. The number of aryl methyl sites for hydroxylation is 4. The van der Waals surface area contributed by atoms with E-state index >= 15 is 0 Å².